The summed E-state index contributed by atoms with van der Waals surface area (Å²) < 4.78 is 7.18. The van der Waals surface area contributed by atoms with Crippen molar-refractivity contribution in [1.82, 2.24) is 24.6 Å². The first-order chi connectivity index (χ1) is 12.6. The molecule has 138 valence electrons. The molecule has 0 radical (unpaired) electrons. The highest BCUT2D eigenvalue weighted by Gasteiger charge is 2.37. The van der Waals surface area contributed by atoms with Crippen molar-refractivity contribution in [2.75, 3.05) is 13.7 Å². The second-order valence-corrected chi connectivity index (χ2v) is 7.56. The fraction of sp³-hybridized carbons (Fsp3) is 0.579. The van der Waals surface area contributed by atoms with Crippen molar-refractivity contribution in [3.63, 3.8) is 0 Å². The van der Waals surface area contributed by atoms with Gasteiger partial charge in [-0.1, -0.05) is 13.8 Å². The van der Waals surface area contributed by atoms with Crippen molar-refractivity contribution in [2.45, 2.75) is 51.6 Å². The molecule has 0 bridgehead atoms. The standard InChI is InChI=1S/C19H25N5O2/c1-12(2)10-15-18-21-17(13-4-5-13)22-24(18)9-8-23(15)19(25)14-6-7-20-16(11-14)26-3/h6-7,11-13,15H,4-5,8-10H2,1-3H3/t15-/m0/s1. The smallest absolute Gasteiger partial charge is 0.254 e. The number of rotatable bonds is 5. The first-order valence-corrected chi connectivity index (χ1v) is 9.32. The molecule has 0 unspecified atom stereocenters. The van der Waals surface area contributed by atoms with E-state index in [0.29, 0.717) is 36.4 Å². The minimum Gasteiger partial charge on any atom is -0.481 e. The summed E-state index contributed by atoms with van der Waals surface area (Å²) in [6.45, 7) is 5.68. The lowest BCUT2D eigenvalue weighted by Crippen LogP contribution is -2.43. The number of carbonyl (C=O) groups excluding carboxylic acids is 1. The van der Waals surface area contributed by atoms with Gasteiger partial charge in [-0.05, 0) is 31.2 Å². The van der Waals surface area contributed by atoms with E-state index in [-0.39, 0.29) is 11.9 Å². The SMILES string of the molecule is COc1cc(C(=O)N2CCn3nc(C4CC4)nc3[C@@H]2CC(C)C)ccn1. The number of hydrogen-bond donors (Lipinski definition) is 0. The molecule has 1 atom stereocenters. The van der Waals surface area contributed by atoms with Gasteiger partial charge in [0, 0.05) is 30.3 Å². The van der Waals surface area contributed by atoms with Crippen LogP contribution >= 0.6 is 0 Å². The van der Waals surface area contributed by atoms with E-state index >= 15 is 0 Å². The number of nitrogens with zero attached hydrogens (tertiary/aromatic N) is 5. The molecule has 7 nitrogen and oxygen atoms in total. The molecule has 0 saturated heterocycles. The number of fused-ring (bicyclic) bond motifs is 1. The van der Waals surface area contributed by atoms with Crippen molar-refractivity contribution in [3.05, 3.63) is 35.5 Å². The number of methoxy groups -OCH3 is 1. The number of carbonyl (C=O) groups is 1. The lowest BCUT2D eigenvalue weighted by molar-refractivity contribution is 0.0578. The van der Waals surface area contributed by atoms with Crippen molar-refractivity contribution in [1.29, 1.82) is 0 Å². The second-order valence-electron chi connectivity index (χ2n) is 7.56. The van der Waals surface area contributed by atoms with Crippen LogP contribution in [0.5, 0.6) is 5.88 Å². The van der Waals surface area contributed by atoms with E-state index in [0.717, 1.165) is 18.1 Å². The van der Waals surface area contributed by atoms with Crippen LogP contribution in [0.1, 0.15) is 67.1 Å². The fourth-order valence-corrected chi connectivity index (χ4v) is 3.54. The molecule has 1 amide bonds. The predicted octanol–water partition coefficient (Wildman–Crippen LogP) is 2.80. The Morgan fingerprint density at radius 2 is 2.15 bits per heavy atom. The number of amides is 1. The van der Waals surface area contributed by atoms with Crippen LogP contribution in [-0.4, -0.2) is 44.2 Å². The minimum absolute atomic E-state index is 0.00132. The highest BCUT2D eigenvalue weighted by Crippen LogP contribution is 2.40. The van der Waals surface area contributed by atoms with Gasteiger partial charge < -0.3 is 9.64 Å². The van der Waals surface area contributed by atoms with Crippen LogP contribution in [0.2, 0.25) is 0 Å². The molecular formula is C19H25N5O2. The van der Waals surface area contributed by atoms with E-state index in [1.165, 1.54) is 12.8 Å². The number of hydrogen-bond acceptors (Lipinski definition) is 5. The fourth-order valence-electron chi connectivity index (χ4n) is 3.54. The maximum atomic E-state index is 13.2. The molecule has 4 rings (SSSR count). The van der Waals surface area contributed by atoms with Gasteiger partial charge in [-0.25, -0.2) is 14.6 Å². The summed E-state index contributed by atoms with van der Waals surface area (Å²) in [6, 6.07) is 3.39. The molecule has 0 aromatic carbocycles. The topological polar surface area (TPSA) is 73.1 Å². The van der Waals surface area contributed by atoms with Crippen LogP contribution in [0, 0.1) is 5.92 Å². The van der Waals surface area contributed by atoms with Gasteiger partial charge in [-0.15, -0.1) is 0 Å². The van der Waals surface area contributed by atoms with Gasteiger partial charge >= 0.3 is 0 Å². The first-order valence-electron chi connectivity index (χ1n) is 9.32. The van der Waals surface area contributed by atoms with Crippen LogP contribution in [0.3, 0.4) is 0 Å². The van der Waals surface area contributed by atoms with Crippen molar-refractivity contribution < 1.29 is 9.53 Å². The van der Waals surface area contributed by atoms with Gasteiger partial charge in [0.15, 0.2) is 5.82 Å². The molecule has 2 aromatic heterocycles. The Morgan fingerprint density at radius 3 is 2.85 bits per heavy atom. The van der Waals surface area contributed by atoms with E-state index in [2.05, 4.69) is 18.8 Å². The lowest BCUT2D eigenvalue weighted by Gasteiger charge is -2.36. The molecule has 2 aromatic rings. The van der Waals surface area contributed by atoms with Gasteiger partial charge in [-0.2, -0.15) is 5.10 Å². The minimum atomic E-state index is -0.0459. The van der Waals surface area contributed by atoms with Crippen LogP contribution < -0.4 is 4.74 Å². The van der Waals surface area contributed by atoms with Gasteiger partial charge in [0.25, 0.3) is 5.91 Å². The summed E-state index contributed by atoms with van der Waals surface area (Å²) >= 11 is 0. The Hall–Kier alpha value is -2.44. The number of ether oxygens (including phenoxy) is 1. The van der Waals surface area contributed by atoms with Gasteiger partial charge in [0.1, 0.15) is 5.82 Å². The third kappa shape index (κ3) is 3.18. The Balaban J connectivity index is 1.66. The molecule has 0 N–H and O–H groups in total. The molecule has 1 aliphatic heterocycles. The average molecular weight is 355 g/mol. The molecule has 7 heteroatoms. The van der Waals surface area contributed by atoms with E-state index in [1.54, 1.807) is 25.4 Å². The zero-order chi connectivity index (χ0) is 18.3. The Kier molecular flexibility index (Phi) is 4.38. The van der Waals surface area contributed by atoms with Gasteiger partial charge in [0.05, 0.1) is 19.7 Å². The van der Waals surface area contributed by atoms with Crippen LogP contribution in [0.4, 0.5) is 0 Å². The van der Waals surface area contributed by atoms with E-state index in [4.69, 9.17) is 14.8 Å². The Morgan fingerprint density at radius 1 is 1.35 bits per heavy atom. The molecule has 2 aliphatic rings. The molecule has 1 fully saturated rings. The molecule has 1 aliphatic carbocycles. The summed E-state index contributed by atoms with van der Waals surface area (Å²) in [7, 11) is 1.56. The van der Waals surface area contributed by atoms with Crippen LogP contribution in [0.15, 0.2) is 18.3 Å². The lowest BCUT2D eigenvalue weighted by atomic mass is 9.99. The molecule has 26 heavy (non-hydrogen) atoms. The summed E-state index contributed by atoms with van der Waals surface area (Å²) in [6.07, 6.45) is 4.84. The summed E-state index contributed by atoms with van der Waals surface area (Å²) in [5, 5.41) is 4.70. The maximum absolute atomic E-state index is 13.2. The predicted molar refractivity (Wildman–Crippen MR) is 96.0 cm³/mol. The summed E-state index contributed by atoms with van der Waals surface area (Å²) in [5.74, 6) is 3.30. The monoisotopic (exact) mass is 355 g/mol. The maximum Gasteiger partial charge on any atom is 0.254 e. The molecule has 3 heterocycles. The van der Waals surface area contributed by atoms with Crippen LogP contribution in [0.25, 0.3) is 0 Å². The van der Waals surface area contributed by atoms with Crippen LogP contribution in [-0.2, 0) is 6.54 Å². The number of pyridine rings is 1. The average Bonchev–Trinajstić information content (AvgIpc) is 3.40. The largest absolute Gasteiger partial charge is 0.481 e. The highest BCUT2D eigenvalue weighted by atomic mass is 16.5. The third-order valence-electron chi connectivity index (χ3n) is 5.03. The second kappa shape index (κ2) is 6.70. The Labute approximate surface area is 153 Å². The molecular weight excluding hydrogens is 330 g/mol. The molecule has 1 saturated carbocycles. The van der Waals surface area contributed by atoms with E-state index in [9.17, 15) is 4.79 Å². The third-order valence-corrected chi connectivity index (χ3v) is 5.03. The highest BCUT2D eigenvalue weighted by molar-refractivity contribution is 5.94. The van der Waals surface area contributed by atoms with E-state index in [1.807, 2.05) is 9.58 Å². The van der Waals surface area contributed by atoms with Gasteiger partial charge in [0.2, 0.25) is 5.88 Å². The Bertz CT molecular complexity index is 812. The van der Waals surface area contributed by atoms with Crippen molar-refractivity contribution >= 4 is 5.91 Å². The first kappa shape index (κ1) is 17.0. The zero-order valence-corrected chi connectivity index (χ0v) is 15.6. The summed E-state index contributed by atoms with van der Waals surface area (Å²) in [4.78, 5) is 24.1. The van der Waals surface area contributed by atoms with Crippen molar-refractivity contribution in [2.24, 2.45) is 5.92 Å². The van der Waals surface area contributed by atoms with Crippen molar-refractivity contribution in [3.8, 4) is 5.88 Å². The van der Waals surface area contributed by atoms with E-state index < -0.39 is 0 Å². The quantitative estimate of drug-likeness (QED) is 0.824. The van der Waals surface area contributed by atoms with Gasteiger partial charge in [-0.3, -0.25) is 4.79 Å². The summed E-state index contributed by atoms with van der Waals surface area (Å²) in [5.41, 5.74) is 0.598. The number of aromatic nitrogens is 4. The molecule has 0 spiro atoms. The zero-order valence-electron chi connectivity index (χ0n) is 15.6. The normalized spacial score (nSPS) is 19.5.